The monoisotopic (exact) mass is 274 g/mol. The molecule has 7 heteroatoms. The van der Waals surface area contributed by atoms with Gasteiger partial charge < -0.3 is 20.9 Å². The average molecular weight is 274 g/mol. The molecule has 0 radical (unpaired) electrons. The highest BCUT2D eigenvalue weighted by atomic mass is 16.5. The third-order valence-electron chi connectivity index (χ3n) is 2.54. The van der Waals surface area contributed by atoms with Crippen LogP contribution in [0, 0.1) is 5.92 Å². The molecule has 0 saturated heterocycles. The van der Waals surface area contributed by atoms with Gasteiger partial charge in [0.2, 0.25) is 5.91 Å². The van der Waals surface area contributed by atoms with Crippen LogP contribution in [0.4, 0.5) is 0 Å². The maximum atomic E-state index is 11.7. The number of aliphatic carboxylic acids is 1. The normalized spacial score (nSPS) is 13.7. The number of amides is 1. The van der Waals surface area contributed by atoms with E-state index in [1.165, 1.54) is 7.11 Å². The van der Waals surface area contributed by atoms with Crippen LogP contribution in [-0.2, 0) is 19.1 Å². The summed E-state index contributed by atoms with van der Waals surface area (Å²) in [5, 5.41) is 11.3. The van der Waals surface area contributed by atoms with Crippen LogP contribution in [0.15, 0.2) is 0 Å². The van der Waals surface area contributed by atoms with Gasteiger partial charge in [0.25, 0.3) is 0 Å². The molecule has 7 nitrogen and oxygen atoms in total. The van der Waals surface area contributed by atoms with Gasteiger partial charge in [0.1, 0.15) is 6.04 Å². The van der Waals surface area contributed by atoms with E-state index in [2.05, 4.69) is 10.1 Å². The lowest BCUT2D eigenvalue weighted by atomic mass is 10.0. The number of hydrogen-bond acceptors (Lipinski definition) is 5. The molecule has 0 aromatic carbocycles. The summed E-state index contributed by atoms with van der Waals surface area (Å²) in [6.07, 6.45) is 0.366. The van der Waals surface area contributed by atoms with E-state index < -0.39 is 29.9 Å². The van der Waals surface area contributed by atoms with Gasteiger partial charge in [-0.15, -0.1) is 0 Å². The van der Waals surface area contributed by atoms with E-state index in [4.69, 9.17) is 10.8 Å². The van der Waals surface area contributed by atoms with Crippen LogP contribution >= 0.6 is 0 Å². The summed E-state index contributed by atoms with van der Waals surface area (Å²) in [7, 11) is 1.22. The first-order valence-corrected chi connectivity index (χ1v) is 6.13. The van der Waals surface area contributed by atoms with Gasteiger partial charge in [-0.2, -0.15) is 0 Å². The maximum Gasteiger partial charge on any atom is 0.326 e. The number of carboxylic acid groups (broad SMARTS) is 1. The lowest BCUT2D eigenvalue weighted by Gasteiger charge is -2.18. The lowest BCUT2D eigenvalue weighted by Crippen LogP contribution is -2.48. The third-order valence-corrected chi connectivity index (χ3v) is 2.54. The van der Waals surface area contributed by atoms with Gasteiger partial charge in [-0.1, -0.05) is 13.8 Å². The SMILES string of the molecule is COC(=O)CCC(NC(=O)[C@@H](N)CC(C)C)C(=O)O. The zero-order chi connectivity index (χ0) is 15.0. The Morgan fingerprint density at radius 3 is 2.32 bits per heavy atom. The van der Waals surface area contributed by atoms with Crippen molar-refractivity contribution < 1.29 is 24.2 Å². The number of rotatable bonds is 8. The third kappa shape index (κ3) is 7.40. The molecule has 0 spiro atoms. The van der Waals surface area contributed by atoms with Crippen molar-refractivity contribution in [2.45, 2.75) is 45.2 Å². The molecule has 2 atom stereocenters. The van der Waals surface area contributed by atoms with E-state index in [1.54, 1.807) is 0 Å². The Morgan fingerprint density at radius 1 is 1.32 bits per heavy atom. The Morgan fingerprint density at radius 2 is 1.89 bits per heavy atom. The van der Waals surface area contributed by atoms with E-state index in [-0.39, 0.29) is 18.8 Å². The molecule has 0 bridgehead atoms. The fourth-order valence-electron chi connectivity index (χ4n) is 1.52. The molecule has 0 aliphatic heterocycles. The predicted octanol–water partition coefficient (Wildman–Crippen LogP) is -0.118. The minimum atomic E-state index is -1.20. The maximum absolute atomic E-state index is 11.7. The highest BCUT2D eigenvalue weighted by Gasteiger charge is 2.24. The number of carbonyl (C=O) groups is 3. The molecule has 0 fully saturated rings. The largest absolute Gasteiger partial charge is 0.480 e. The number of ether oxygens (including phenoxy) is 1. The Balaban J connectivity index is 4.37. The Hall–Kier alpha value is -1.63. The van der Waals surface area contributed by atoms with E-state index >= 15 is 0 Å². The number of carbonyl (C=O) groups excluding carboxylic acids is 2. The molecule has 110 valence electrons. The van der Waals surface area contributed by atoms with Gasteiger partial charge in [-0.3, -0.25) is 9.59 Å². The van der Waals surface area contributed by atoms with Crippen LogP contribution in [0.3, 0.4) is 0 Å². The van der Waals surface area contributed by atoms with Gasteiger partial charge >= 0.3 is 11.9 Å². The molecule has 0 aliphatic rings. The lowest BCUT2D eigenvalue weighted by molar-refractivity contribution is -0.144. The zero-order valence-electron chi connectivity index (χ0n) is 11.5. The van der Waals surface area contributed by atoms with Crippen LogP contribution in [0.5, 0.6) is 0 Å². The first-order chi connectivity index (χ1) is 8.77. The van der Waals surface area contributed by atoms with Crippen molar-refractivity contribution in [2.75, 3.05) is 7.11 Å². The molecule has 0 aromatic heterocycles. The highest BCUT2D eigenvalue weighted by Crippen LogP contribution is 2.05. The summed E-state index contributed by atoms with van der Waals surface area (Å²) >= 11 is 0. The van der Waals surface area contributed by atoms with Crippen LogP contribution in [0.2, 0.25) is 0 Å². The Bertz CT molecular complexity index is 330. The van der Waals surface area contributed by atoms with Crippen molar-refractivity contribution >= 4 is 17.8 Å². The average Bonchev–Trinajstić information content (AvgIpc) is 2.32. The molecule has 1 unspecified atom stereocenters. The van der Waals surface area contributed by atoms with Gasteiger partial charge in [0, 0.05) is 6.42 Å². The van der Waals surface area contributed by atoms with Gasteiger partial charge in [-0.05, 0) is 18.8 Å². The van der Waals surface area contributed by atoms with Crippen molar-refractivity contribution in [1.82, 2.24) is 5.32 Å². The van der Waals surface area contributed by atoms with E-state index in [0.29, 0.717) is 6.42 Å². The topological polar surface area (TPSA) is 119 Å². The Labute approximate surface area is 112 Å². The number of nitrogens with two attached hydrogens (primary N) is 1. The number of hydrogen-bond donors (Lipinski definition) is 3. The van der Waals surface area contributed by atoms with Crippen molar-refractivity contribution in [3.63, 3.8) is 0 Å². The predicted molar refractivity (Wildman–Crippen MR) is 68.2 cm³/mol. The second-order valence-corrected chi connectivity index (χ2v) is 4.75. The van der Waals surface area contributed by atoms with Crippen LogP contribution in [0.1, 0.15) is 33.1 Å². The number of carboxylic acids is 1. The van der Waals surface area contributed by atoms with Crippen LogP contribution in [0.25, 0.3) is 0 Å². The number of esters is 1. The van der Waals surface area contributed by atoms with Crippen LogP contribution in [-0.4, -0.2) is 42.1 Å². The smallest absolute Gasteiger partial charge is 0.326 e. The fourth-order valence-corrected chi connectivity index (χ4v) is 1.52. The molecule has 0 aliphatic carbocycles. The van der Waals surface area contributed by atoms with Crippen LogP contribution < -0.4 is 11.1 Å². The summed E-state index contributed by atoms with van der Waals surface area (Å²) in [6, 6.07) is -1.88. The molecule has 0 saturated carbocycles. The summed E-state index contributed by atoms with van der Waals surface area (Å²) < 4.78 is 4.42. The highest BCUT2D eigenvalue weighted by molar-refractivity contribution is 5.87. The van der Waals surface area contributed by atoms with Gasteiger partial charge in [0.15, 0.2) is 0 Å². The summed E-state index contributed by atoms with van der Waals surface area (Å²) in [5.74, 6) is -2.01. The van der Waals surface area contributed by atoms with Crippen molar-refractivity contribution in [2.24, 2.45) is 11.7 Å². The summed E-state index contributed by atoms with van der Waals surface area (Å²) in [6.45, 7) is 3.83. The quantitative estimate of drug-likeness (QED) is 0.531. The zero-order valence-corrected chi connectivity index (χ0v) is 11.5. The second-order valence-electron chi connectivity index (χ2n) is 4.75. The fraction of sp³-hybridized carbons (Fsp3) is 0.750. The molecule has 1 amide bonds. The molecule has 0 aromatic rings. The number of nitrogens with one attached hydrogen (secondary N) is 1. The van der Waals surface area contributed by atoms with E-state index in [1.807, 2.05) is 13.8 Å². The Kier molecular flexibility index (Phi) is 7.74. The van der Waals surface area contributed by atoms with Gasteiger partial charge in [0.05, 0.1) is 13.2 Å². The van der Waals surface area contributed by atoms with E-state index in [9.17, 15) is 14.4 Å². The standard InChI is InChI=1S/C12H22N2O5/c1-7(2)6-8(13)11(16)14-9(12(17)18)4-5-10(15)19-3/h7-9H,4-6,13H2,1-3H3,(H,14,16)(H,17,18)/t8-,9?/m0/s1. The first-order valence-electron chi connectivity index (χ1n) is 6.13. The minimum absolute atomic E-state index is 0.0256. The van der Waals surface area contributed by atoms with Crippen molar-refractivity contribution in [3.8, 4) is 0 Å². The van der Waals surface area contributed by atoms with Crippen molar-refractivity contribution in [1.29, 1.82) is 0 Å². The molecule has 0 rings (SSSR count). The second kappa shape index (κ2) is 8.47. The first kappa shape index (κ1) is 17.4. The summed E-state index contributed by atoms with van der Waals surface area (Å²) in [5.41, 5.74) is 5.65. The minimum Gasteiger partial charge on any atom is -0.480 e. The molecular weight excluding hydrogens is 252 g/mol. The van der Waals surface area contributed by atoms with Crippen molar-refractivity contribution in [3.05, 3.63) is 0 Å². The molecule has 4 N–H and O–H groups in total. The molecule has 0 heterocycles. The number of methoxy groups -OCH3 is 1. The van der Waals surface area contributed by atoms with E-state index in [0.717, 1.165) is 0 Å². The van der Waals surface area contributed by atoms with Gasteiger partial charge in [-0.25, -0.2) is 4.79 Å². The molecular formula is C12H22N2O5. The molecule has 19 heavy (non-hydrogen) atoms. The summed E-state index contributed by atoms with van der Waals surface area (Å²) in [4.78, 5) is 33.6.